The molecule has 5 heteroatoms. The number of methoxy groups -OCH3 is 1. The first-order chi connectivity index (χ1) is 14.7. The SMILES string of the molecule is COc1cccc(-c2ccc3c(c2)C(NC(=O)O[C@@H]2CN4CCC2CC4)CCC3)c1. The second kappa shape index (κ2) is 8.31. The van der Waals surface area contributed by atoms with Crippen LogP contribution in [0.3, 0.4) is 0 Å². The van der Waals surface area contributed by atoms with Gasteiger partial charge in [0.25, 0.3) is 0 Å². The van der Waals surface area contributed by atoms with E-state index in [0.717, 1.165) is 68.6 Å². The third-order valence-corrected chi connectivity index (χ3v) is 7.01. The lowest BCUT2D eigenvalue weighted by atomic mass is 9.85. The van der Waals surface area contributed by atoms with Crippen LogP contribution >= 0.6 is 0 Å². The van der Waals surface area contributed by atoms with Crippen molar-refractivity contribution < 1.29 is 14.3 Å². The Bertz CT molecular complexity index is 920. The normalized spacial score (nSPS) is 27.2. The van der Waals surface area contributed by atoms with Gasteiger partial charge in [0.15, 0.2) is 0 Å². The van der Waals surface area contributed by atoms with Crippen LogP contribution < -0.4 is 10.1 Å². The average Bonchev–Trinajstić information content (AvgIpc) is 2.80. The number of hydrogen-bond donors (Lipinski definition) is 1. The lowest BCUT2D eigenvalue weighted by Gasteiger charge is -2.44. The maximum absolute atomic E-state index is 12.7. The van der Waals surface area contributed by atoms with Crippen LogP contribution in [0.5, 0.6) is 5.75 Å². The molecule has 2 atom stereocenters. The summed E-state index contributed by atoms with van der Waals surface area (Å²) in [4.78, 5) is 15.1. The highest BCUT2D eigenvalue weighted by molar-refractivity contribution is 5.70. The molecule has 0 aromatic heterocycles. The smallest absolute Gasteiger partial charge is 0.407 e. The van der Waals surface area contributed by atoms with Gasteiger partial charge in [-0.3, -0.25) is 4.90 Å². The lowest BCUT2D eigenvalue weighted by Crippen LogP contribution is -2.52. The monoisotopic (exact) mass is 406 g/mol. The molecule has 1 aliphatic carbocycles. The van der Waals surface area contributed by atoms with Crippen LogP contribution in [0.1, 0.15) is 42.9 Å². The highest BCUT2D eigenvalue weighted by Gasteiger charge is 2.37. The van der Waals surface area contributed by atoms with Crippen molar-refractivity contribution in [3.8, 4) is 16.9 Å². The largest absolute Gasteiger partial charge is 0.497 e. The molecule has 1 unspecified atom stereocenters. The highest BCUT2D eigenvalue weighted by atomic mass is 16.6. The first-order valence-corrected chi connectivity index (χ1v) is 11.2. The summed E-state index contributed by atoms with van der Waals surface area (Å²) in [5.41, 5.74) is 4.80. The quantitative estimate of drug-likeness (QED) is 0.809. The van der Waals surface area contributed by atoms with Gasteiger partial charge in [0.2, 0.25) is 0 Å². The zero-order valence-corrected chi connectivity index (χ0v) is 17.6. The number of hydrogen-bond acceptors (Lipinski definition) is 4. The number of nitrogens with zero attached hydrogens (tertiary/aromatic N) is 1. The molecule has 2 bridgehead atoms. The molecule has 0 saturated carbocycles. The molecule has 2 aromatic carbocycles. The number of carbonyl (C=O) groups is 1. The Kier molecular flexibility index (Phi) is 5.38. The molecule has 5 nitrogen and oxygen atoms in total. The van der Waals surface area contributed by atoms with Crippen molar-refractivity contribution in [2.24, 2.45) is 5.92 Å². The van der Waals surface area contributed by atoms with E-state index in [9.17, 15) is 4.79 Å². The van der Waals surface area contributed by atoms with Crippen LogP contribution in [0.15, 0.2) is 42.5 Å². The molecule has 1 N–H and O–H groups in total. The summed E-state index contributed by atoms with van der Waals surface area (Å²) in [6.45, 7) is 3.18. The number of fused-ring (bicyclic) bond motifs is 4. The number of nitrogens with one attached hydrogen (secondary N) is 1. The van der Waals surface area contributed by atoms with Crippen LogP contribution in [-0.2, 0) is 11.2 Å². The average molecular weight is 407 g/mol. The van der Waals surface area contributed by atoms with Crippen molar-refractivity contribution >= 4 is 6.09 Å². The number of amides is 1. The molecule has 3 aliphatic heterocycles. The van der Waals surface area contributed by atoms with Crippen LogP contribution in [-0.4, -0.2) is 43.8 Å². The minimum atomic E-state index is -0.265. The molecular formula is C25H30N2O3. The predicted octanol–water partition coefficient (Wildman–Crippen LogP) is 4.56. The number of aryl methyl sites for hydroxylation is 1. The molecule has 6 rings (SSSR count). The van der Waals surface area contributed by atoms with E-state index >= 15 is 0 Å². The Balaban J connectivity index is 1.32. The van der Waals surface area contributed by atoms with Crippen molar-refractivity contribution in [1.82, 2.24) is 10.2 Å². The molecule has 3 heterocycles. The molecule has 4 aliphatic rings. The van der Waals surface area contributed by atoms with E-state index in [1.807, 2.05) is 12.1 Å². The van der Waals surface area contributed by atoms with Gasteiger partial charge in [-0.1, -0.05) is 24.3 Å². The third-order valence-electron chi connectivity index (χ3n) is 7.01. The molecule has 0 spiro atoms. The molecule has 1 amide bonds. The van der Waals surface area contributed by atoms with Crippen LogP contribution in [0, 0.1) is 5.92 Å². The first kappa shape index (κ1) is 19.4. The maximum atomic E-state index is 12.7. The fourth-order valence-corrected chi connectivity index (χ4v) is 5.29. The summed E-state index contributed by atoms with van der Waals surface area (Å²) in [7, 11) is 1.69. The molecule has 158 valence electrons. The van der Waals surface area contributed by atoms with E-state index in [4.69, 9.17) is 9.47 Å². The second-order valence-corrected chi connectivity index (χ2v) is 8.82. The number of piperidine rings is 3. The van der Waals surface area contributed by atoms with E-state index in [2.05, 4.69) is 40.5 Å². The Labute approximate surface area is 178 Å². The maximum Gasteiger partial charge on any atom is 0.407 e. The first-order valence-electron chi connectivity index (χ1n) is 11.2. The van der Waals surface area contributed by atoms with E-state index in [1.165, 1.54) is 11.1 Å². The van der Waals surface area contributed by atoms with Gasteiger partial charge >= 0.3 is 6.09 Å². The number of rotatable bonds is 4. The summed E-state index contributed by atoms with van der Waals surface area (Å²) >= 11 is 0. The van der Waals surface area contributed by atoms with Crippen molar-refractivity contribution in [1.29, 1.82) is 0 Å². The predicted molar refractivity (Wildman–Crippen MR) is 117 cm³/mol. The van der Waals surface area contributed by atoms with Crippen LogP contribution in [0.2, 0.25) is 0 Å². The zero-order valence-electron chi connectivity index (χ0n) is 17.6. The minimum absolute atomic E-state index is 0.00731. The van der Waals surface area contributed by atoms with E-state index < -0.39 is 0 Å². The van der Waals surface area contributed by atoms with E-state index in [-0.39, 0.29) is 18.2 Å². The van der Waals surface area contributed by atoms with Gasteiger partial charge in [-0.15, -0.1) is 0 Å². The van der Waals surface area contributed by atoms with Crippen molar-refractivity contribution in [3.05, 3.63) is 53.6 Å². The van der Waals surface area contributed by atoms with Gasteiger partial charge in [-0.05, 0) is 91.6 Å². The van der Waals surface area contributed by atoms with Crippen molar-refractivity contribution in [2.45, 2.75) is 44.2 Å². The summed E-state index contributed by atoms with van der Waals surface area (Å²) in [5, 5.41) is 3.18. The number of benzene rings is 2. The Morgan fingerprint density at radius 3 is 2.67 bits per heavy atom. The topological polar surface area (TPSA) is 50.8 Å². The Morgan fingerprint density at radius 2 is 1.90 bits per heavy atom. The molecule has 3 saturated heterocycles. The summed E-state index contributed by atoms with van der Waals surface area (Å²) in [5.74, 6) is 1.38. The molecule has 30 heavy (non-hydrogen) atoms. The third kappa shape index (κ3) is 3.91. The van der Waals surface area contributed by atoms with E-state index in [1.54, 1.807) is 7.11 Å². The van der Waals surface area contributed by atoms with Gasteiger partial charge < -0.3 is 14.8 Å². The summed E-state index contributed by atoms with van der Waals surface area (Å²) in [6.07, 6.45) is 5.15. The fourth-order valence-electron chi connectivity index (χ4n) is 5.29. The standard InChI is InChI=1S/C25H30N2O3/c1-29-21-6-2-5-19(14-21)20-9-8-17-4-3-7-23(22(17)15-20)26-25(28)30-24-16-27-12-10-18(24)11-13-27/h2,5-6,8-9,14-15,18,23-24H,3-4,7,10-13,16H2,1H3,(H,26,28)/t23?,24-/m1/s1. The molecule has 3 fully saturated rings. The lowest BCUT2D eigenvalue weighted by molar-refractivity contribution is -0.0340. The van der Waals surface area contributed by atoms with Crippen LogP contribution in [0.25, 0.3) is 11.1 Å². The van der Waals surface area contributed by atoms with Gasteiger partial charge in [0.05, 0.1) is 13.2 Å². The van der Waals surface area contributed by atoms with Crippen molar-refractivity contribution in [3.63, 3.8) is 0 Å². The number of alkyl carbamates (subject to hydrolysis) is 1. The van der Waals surface area contributed by atoms with Crippen molar-refractivity contribution in [2.75, 3.05) is 26.7 Å². The van der Waals surface area contributed by atoms with E-state index in [0.29, 0.717) is 5.92 Å². The number of carbonyl (C=O) groups excluding carboxylic acids is 1. The van der Waals surface area contributed by atoms with Gasteiger partial charge in [-0.25, -0.2) is 4.79 Å². The Morgan fingerprint density at radius 1 is 1.07 bits per heavy atom. The van der Waals surface area contributed by atoms with Gasteiger partial charge in [0.1, 0.15) is 11.9 Å². The number of ether oxygens (including phenoxy) is 2. The Hall–Kier alpha value is -2.53. The van der Waals surface area contributed by atoms with Gasteiger partial charge in [0, 0.05) is 6.54 Å². The fraction of sp³-hybridized carbons (Fsp3) is 0.480. The molecule has 0 radical (unpaired) electrons. The van der Waals surface area contributed by atoms with Crippen LogP contribution in [0.4, 0.5) is 4.79 Å². The van der Waals surface area contributed by atoms with Gasteiger partial charge in [-0.2, -0.15) is 0 Å². The molecule has 2 aromatic rings. The molecular weight excluding hydrogens is 376 g/mol. The second-order valence-electron chi connectivity index (χ2n) is 8.82. The summed E-state index contributed by atoms with van der Waals surface area (Å²) in [6, 6.07) is 14.7. The highest BCUT2D eigenvalue weighted by Crippen LogP contribution is 2.35. The zero-order chi connectivity index (χ0) is 20.5. The summed E-state index contributed by atoms with van der Waals surface area (Å²) < 4.78 is 11.3. The minimum Gasteiger partial charge on any atom is -0.497 e.